The Labute approximate surface area is 127 Å². The minimum Gasteiger partial charge on any atom is -0.335 e. The lowest BCUT2D eigenvalue weighted by Gasteiger charge is -2.48. The molecule has 0 saturated carbocycles. The van der Waals surface area contributed by atoms with Gasteiger partial charge in [-0.1, -0.05) is 6.07 Å². The lowest BCUT2D eigenvalue weighted by atomic mass is 9.83. The third kappa shape index (κ3) is 3.10. The monoisotopic (exact) mass is 287 g/mol. The van der Waals surface area contributed by atoms with Crippen LogP contribution in [0, 0.1) is 5.92 Å². The molecule has 3 heterocycles. The molecule has 0 N–H and O–H groups in total. The van der Waals surface area contributed by atoms with Gasteiger partial charge in [-0.2, -0.15) is 0 Å². The van der Waals surface area contributed by atoms with Crippen molar-refractivity contribution in [3.8, 4) is 0 Å². The standard InChI is InChI=1S/C17H25N3O/c1-13(2)19-9-7-16-15(12-19)5-6-17(21)20(16)11-14-4-3-8-18-10-14/h3-4,8,10,13,15-16H,5-7,9,11-12H2,1-2H3/t15-,16+/m0/s1. The topological polar surface area (TPSA) is 36.4 Å². The number of likely N-dealkylation sites (tertiary alicyclic amines) is 2. The van der Waals surface area contributed by atoms with E-state index in [2.05, 4.69) is 34.7 Å². The number of amides is 1. The zero-order valence-corrected chi connectivity index (χ0v) is 13.0. The number of nitrogens with zero attached hydrogens (tertiary/aromatic N) is 3. The van der Waals surface area contributed by atoms with Crippen molar-refractivity contribution in [1.82, 2.24) is 14.8 Å². The SMILES string of the molecule is CC(C)N1CC[C@@H]2[C@@H](CCC(=O)N2Cc2cccnc2)C1. The number of carbonyl (C=O) groups is 1. The van der Waals surface area contributed by atoms with E-state index in [9.17, 15) is 4.79 Å². The molecule has 0 bridgehead atoms. The van der Waals surface area contributed by atoms with E-state index in [0.717, 1.165) is 38.0 Å². The molecular formula is C17H25N3O. The fourth-order valence-corrected chi connectivity index (χ4v) is 3.74. The molecule has 2 fully saturated rings. The van der Waals surface area contributed by atoms with Crippen LogP contribution in [0.3, 0.4) is 0 Å². The predicted octanol–water partition coefficient (Wildman–Crippen LogP) is 2.30. The van der Waals surface area contributed by atoms with Crippen molar-refractivity contribution in [2.75, 3.05) is 13.1 Å². The van der Waals surface area contributed by atoms with E-state index in [1.54, 1.807) is 6.20 Å². The molecule has 3 rings (SSSR count). The maximum absolute atomic E-state index is 12.4. The van der Waals surface area contributed by atoms with E-state index < -0.39 is 0 Å². The maximum Gasteiger partial charge on any atom is 0.223 e. The molecule has 1 amide bonds. The molecule has 1 aromatic heterocycles. The first-order valence-electron chi connectivity index (χ1n) is 8.07. The van der Waals surface area contributed by atoms with Crippen LogP contribution in [-0.4, -0.2) is 45.9 Å². The molecule has 2 aliphatic heterocycles. The van der Waals surface area contributed by atoms with E-state index >= 15 is 0 Å². The maximum atomic E-state index is 12.4. The number of pyridine rings is 1. The molecule has 1 aromatic rings. The molecule has 4 heteroatoms. The zero-order valence-electron chi connectivity index (χ0n) is 13.0. The second kappa shape index (κ2) is 6.14. The van der Waals surface area contributed by atoms with Crippen molar-refractivity contribution >= 4 is 5.91 Å². The summed E-state index contributed by atoms with van der Waals surface area (Å²) in [6, 6.07) is 5.03. The highest BCUT2D eigenvalue weighted by Gasteiger charge is 2.39. The number of piperidine rings is 2. The van der Waals surface area contributed by atoms with Gasteiger partial charge in [0.25, 0.3) is 0 Å². The molecule has 2 saturated heterocycles. The van der Waals surface area contributed by atoms with Gasteiger partial charge in [-0.05, 0) is 44.2 Å². The summed E-state index contributed by atoms with van der Waals surface area (Å²) in [5.74, 6) is 0.952. The number of aromatic nitrogens is 1. The van der Waals surface area contributed by atoms with Crippen LogP contribution in [0.4, 0.5) is 0 Å². The van der Waals surface area contributed by atoms with Gasteiger partial charge >= 0.3 is 0 Å². The fraction of sp³-hybridized carbons (Fsp3) is 0.647. The molecule has 21 heavy (non-hydrogen) atoms. The molecule has 0 radical (unpaired) electrons. The van der Waals surface area contributed by atoms with Crippen LogP contribution >= 0.6 is 0 Å². The summed E-state index contributed by atoms with van der Waals surface area (Å²) in [6.45, 7) is 7.49. The second-order valence-corrected chi connectivity index (χ2v) is 6.63. The molecule has 0 spiro atoms. The number of carbonyl (C=O) groups excluding carboxylic acids is 1. The van der Waals surface area contributed by atoms with Crippen LogP contribution in [0.15, 0.2) is 24.5 Å². The van der Waals surface area contributed by atoms with Crippen molar-refractivity contribution in [3.05, 3.63) is 30.1 Å². The van der Waals surface area contributed by atoms with E-state index in [0.29, 0.717) is 30.3 Å². The quantitative estimate of drug-likeness (QED) is 0.856. The van der Waals surface area contributed by atoms with Gasteiger partial charge in [0.15, 0.2) is 0 Å². The van der Waals surface area contributed by atoms with Gasteiger partial charge in [0.1, 0.15) is 0 Å². The average molecular weight is 287 g/mol. The number of rotatable bonds is 3. The number of fused-ring (bicyclic) bond motifs is 1. The van der Waals surface area contributed by atoms with Crippen molar-refractivity contribution in [1.29, 1.82) is 0 Å². The largest absolute Gasteiger partial charge is 0.335 e. The fourth-order valence-electron chi connectivity index (χ4n) is 3.74. The first kappa shape index (κ1) is 14.5. The summed E-state index contributed by atoms with van der Waals surface area (Å²) in [7, 11) is 0. The average Bonchev–Trinajstić information content (AvgIpc) is 2.50. The van der Waals surface area contributed by atoms with Crippen LogP contribution in [-0.2, 0) is 11.3 Å². The van der Waals surface area contributed by atoms with Gasteiger partial charge in [-0.25, -0.2) is 0 Å². The molecule has 0 aromatic carbocycles. The van der Waals surface area contributed by atoms with Gasteiger partial charge in [0, 0.05) is 50.5 Å². The van der Waals surface area contributed by atoms with E-state index in [1.807, 2.05) is 12.3 Å². The molecular weight excluding hydrogens is 262 g/mol. The first-order chi connectivity index (χ1) is 10.1. The van der Waals surface area contributed by atoms with Crippen molar-refractivity contribution in [3.63, 3.8) is 0 Å². The first-order valence-corrected chi connectivity index (χ1v) is 8.07. The summed E-state index contributed by atoms with van der Waals surface area (Å²) >= 11 is 0. The van der Waals surface area contributed by atoms with E-state index in [4.69, 9.17) is 0 Å². The van der Waals surface area contributed by atoms with Crippen molar-refractivity contribution in [2.45, 2.75) is 51.7 Å². The Morgan fingerprint density at radius 3 is 2.95 bits per heavy atom. The third-order valence-electron chi connectivity index (χ3n) is 4.98. The van der Waals surface area contributed by atoms with E-state index in [-0.39, 0.29) is 0 Å². The Kier molecular flexibility index (Phi) is 4.24. The molecule has 0 unspecified atom stereocenters. The Morgan fingerprint density at radius 2 is 2.24 bits per heavy atom. The highest BCUT2D eigenvalue weighted by molar-refractivity contribution is 5.77. The van der Waals surface area contributed by atoms with E-state index in [1.165, 1.54) is 0 Å². The van der Waals surface area contributed by atoms with Crippen molar-refractivity contribution in [2.24, 2.45) is 5.92 Å². The van der Waals surface area contributed by atoms with Crippen LogP contribution in [0.25, 0.3) is 0 Å². The minimum atomic E-state index is 0.318. The minimum absolute atomic E-state index is 0.318. The Balaban J connectivity index is 1.72. The summed E-state index contributed by atoms with van der Waals surface area (Å²) in [5, 5.41) is 0. The lowest BCUT2D eigenvalue weighted by Crippen LogP contribution is -2.56. The predicted molar refractivity (Wildman–Crippen MR) is 82.6 cm³/mol. The number of hydrogen-bond acceptors (Lipinski definition) is 3. The Hall–Kier alpha value is -1.42. The summed E-state index contributed by atoms with van der Waals surface area (Å²) in [4.78, 5) is 21.2. The summed E-state index contributed by atoms with van der Waals surface area (Å²) < 4.78 is 0. The Bertz CT molecular complexity index is 488. The second-order valence-electron chi connectivity index (χ2n) is 6.63. The van der Waals surface area contributed by atoms with Crippen LogP contribution in [0.1, 0.15) is 38.7 Å². The highest BCUT2D eigenvalue weighted by atomic mass is 16.2. The van der Waals surface area contributed by atoms with Crippen LogP contribution in [0.2, 0.25) is 0 Å². The molecule has 0 aliphatic carbocycles. The third-order valence-corrected chi connectivity index (χ3v) is 4.98. The Morgan fingerprint density at radius 1 is 1.38 bits per heavy atom. The van der Waals surface area contributed by atoms with Gasteiger partial charge in [-0.15, -0.1) is 0 Å². The molecule has 2 aliphatic rings. The number of hydrogen-bond donors (Lipinski definition) is 0. The summed E-state index contributed by atoms with van der Waals surface area (Å²) in [5.41, 5.74) is 1.14. The normalized spacial score (nSPS) is 27.0. The molecule has 2 atom stereocenters. The van der Waals surface area contributed by atoms with Crippen molar-refractivity contribution < 1.29 is 4.79 Å². The van der Waals surface area contributed by atoms with Crippen LogP contribution in [0.5, 0.6) is 0 Å². The van der Waals surface area contributed by atoms with Gasteiger partial charge < -0.3 is 9.80 Å². The van der Waals surface area contributed by atoms with Crippen LogP contribution < -0.4 is 0 Å². The van der Waals surface area contributed by atoms with Gasteiger partial charge in [-0.3, -0.25) is 9.78 Å². The summed E-state index contributed by atoms with van der Waals surface area (Å²) in [6.07, 6.45) is 6.52. The van der Waals surface area contributed by atoms with Gasteiger partial charge in [0.05, 0.1) is 0 Å². The smallest absolute Gasteiger partial charge is 0.223 e. The van der Waals surface area contributed by atoms with Gasteiger partial charge in [0.2, 0.25) is 5.91 Å². The highest BCUT2D eigenvalue weighted by Crippen LogP contribution is 2.32. The lowest BCUT2D eigenvalue weighted by molar-refractivity contribution is -0.142. The molecule has 4 nitrogen and oxygen atoms in total. The molecule has 114 valence electrons. The zero-order chi connectivity index (χ0) is 14.8.